The van der Waals surface area contributed by atoms with Gasteiger partial charge in [0, 0.05) is 9.13 Å². The zero-order valence-electron chi connectivity index (χ0n) is 9.53. The molecule has 0 radical (unpaired) electrons. The first-order valence-electron chi connectivity index (χ1n) is 4.99. The van der Waals surface area contributed by atoms with Crippen molar-refractivity contribution in [2.24, 2.45) is 5.10 Å². The lowest BCUT2D eigenvalue weighted by atomic mass is 10.1. The highest BCUT2D eigenvalue weighted by molar-refractivity contribution is 14.1. The second-order valence-electron chi connectivity index (χ2n) is 3.25. The number of carbonyl (C=O) groups is 1. The Bertz CT molecular complexity index is 447. The predicted octanol–water partition coefficient (Wildman–Crippen LogP) is 2.39. The molecule has 1 rings (SSSR count). The van der Waals surface area contributed by atoms with Gasteiger partial charge < -0.3 is 9.84 Å². The molecular formula is C11H13IN2O3. The number of halogens is 1. The van der Waals surface area contributed by atoms with Crippen LogP contribution in [0.3, 0.4) is 0 Å². The Morgan fingerprint density at radius 1 is 1.65 bits per heavy atom. The van der Waals surface area contributed by atoms with Gasteiger partial charge in [-0.15, -0.1) is 0 Å². The van der Waals surface area contributed by atoms with Crippen LogP contribution in [0.1, 0.15) is 18.1 Å². The van der Waals surface area contributed by atoms with Gasteiger partial charge in [0.15, 0.2) is 0 Å². The first-order chi connectivity index (χ1) is 8.04. The summed E-state index contributed by atoms with van der Waals surface area (Å²) in [6.45, 7) is 3.79. The summed E-state index contributed by atoms with van der Waals surface area (Å²) >= 11 is 2.14. The number of ether oxygens (including phenoxy) is 1. The third-order valence-corrected chi connectivity index (χ3v) is 2.55. The molecule has 0 aromatic heterocycles. The van der Waals surface area contributed by atoms with Crippen LogP contribution in [0.5, 0.6) is 5.75 Å². The Balaban J connectivity index is 2.74. The van der Waals surface area contributed by atoms with Crippen LogP contribution in [0.4, 0.5) is 4.79 Å². The zero-order chi connectivity index (χ0) is 12.8. The number of hydrogen-bond acceptors (Lipinski definition) is 4. The minimum atomic E-state index is -0.620. The molecule has 6 heteroatoms. The van der Waals surface area contributed by atoms with Crippen molar-refractivity contribution in [2.75, 3.05) is 6.61 Å². The Hall–Kier alpha value is -1.31. The molecule has 0 unspecified atom stereocenters. The fourth-order valence-corrected chi connectivity index (χ4v) is 1.98. The van der Waals surface area contributed by atoms with Gasteiger partial charge >= 0.3 is 6.09 Å². The van der Waals surface area contributed by atoms with E-state index in [1.807, 2.05) is 6.07 Å². The molecule has 1 aromatic carbocycles. The largest absolute Gasteiger partial charge is 0.507 e. The van der Waals surface area contributed by atoms with Crippen LogP contribution < -0.4 is 5.43 Å². The maximum absolute atomic E-state index is 10.9. The van der Waals surface area contributed by atoms with E-state index in [-0.39, 0.29) is 12.4 Å². The molecule has 0 aliphatic carbocycles. The highest BCUT2D eigenvalue weighted by Gasteiger charge is 2.04. The van der Waals surface area contributed by atoms with E-state index in [1.165, 1.54) is 6.21 Å². The van der Waals surface area contributed by atoms with Gasteiger partial charge in [0.2, 0.25) is 0 Å². The van der Waals surface area contributed by atoms with Crippen LogP contribution >= 0.6 is 22.6 Å². The van der Waals surface area contributed by atoms with Crippen molar-refractivity contribution in [3.8, 4) is 5.75 Å². The zero-order valence-corrected chi connectivity index (χ0v) is 11.7. The molecule has 1 amide bonds. The molecule has 0 saturated carbocycles. The number of nitrogens with one attached hydrogen (secondary N) is 1. The molecule has 0 aliphatic heterocycles. The fraction of sp³-hybridized carbons (Fsp3) is 0.273. The highest BCUT2D eigenvalue weighted by Crippen LogP contribution is 2.23. The third kappa shape index (κ3) is 4.22. The van der Waals surface area contributed by atoms with Gasteiger partial charge in [-0.05, 0) is 54.1 Å². The number of hydrazone groups is 1. The molecule has 0 heterocycles. The number of carbonyl (C=O) groups excluding carboxylic acids is 1. The van der Waals surface area contributed by atoms with E-state index in [1.54, 1.807) is 19.9 Å². The number of rotatable bonds is 3. The van der Waals surface area contributed by atoms with Gasteiger partial charge in [-0.25, -0.2) is 10.2 Å². The number of hydrogen-bond donors (Lipinski definition) is 2. The maximum atomic E-state index is 10.9. The van der Waals surface area contributed by atoms with Crippen molar-refractivity contribution in [3.63, 3.8) is 0 Å². The molecule has 1 aromatic rings. The number of benzene rings is 1. The number of aromatic hydroxyl groups is 1. The van der Waals surface area contributed by atoms with Gasteiger partial charge in [0.25, 0.3) is 0 Å². The molecular weight excluding hydrogens is 335 g/mol. The molecule has 92 valence electrons. The fourth-order valence-electron chi connectivity index (χ4n) is 1.18. The first-order valence-corrected chi connectivity index (χ1v) is 6.07. The van der Waals surface area contributed by atoms with Gasteiger partial charge in [-0.3, -0.25) is 0 Å². The summed E-state index contributed by atoms with van der Waals surface area (Å²) < 4.78 is 5.61. The van der Waals surface area contributed by atoms with Crippen LogP contribution in [0, 0.1) is 10.5 Å². The lowest BCUT2D eigenvalue weighted by Crippen LogP contribution is -2.18. The second kappa shape index (κ2) is 6.43. The van der Waals surface area contributed by atoms with E-state index in [0.717, 1.165) is 9.13 Å². The molecule has 0 bridgehead atoms. The molecule has 2 N–H and O–H groups in total. The number of phenols is 1. The van der Waals surface area contributed by atoms with Gasteiger partial charge in [0.05, 0.1) is 12.8 Å². The van der Waals surface area contributed by atoms with Crippen LogP contribution in [-0.2, 0) is 4.74 Å². The molecule has 0 spiro atoms. The van der Waals surface area contributed by atoms with E-state index in [0.29, 0.717) is 5.56 Å². The average Bonchev–Trinajstić information content (AvgIpc) is 2.25. The molecule has 0 atom stereocenters. The van der Waals surface area contributed by atoms with E-state index in [9.17, 15) is 9.90 Å². The van der Waals surface area contributed by atoms with E-state index in [4.69, 9.17) is 0 Å². The average molecular weight is 348 g/mol. The summed E-state index contributed by atoms with van der Waals surface area (Å²) in [5, 5.41) is 13.4. The monoisotopic (exact) mass is 348 g/mol. The standard InChI is InChI=1S/C11H13IN2O3/c1-3-17-11(16)14-13-6-8-5-9(12)4-7(2)10(8)15/h4-6,15H,3H2,1-2H3,(H,14,16)/b13-6+. The smallest absolute Gasteiger partial charge is 0.427 e. The Morgan fingerprint density at radius 2 is 2.35 bits per heavy atom. The first kappa shape index (κ1) is 13.8. The van der Waals surface area contributed by atoms with Gasteiger partial charge in [0.1, 0.15) is 5.75 Å². The van der Waals surface area contributed by atoms with Crippen molar-refractivity contribution in [2.45, 2.75) is 13.8 Å². The number of phenolic OH excluding ortho intramolecular Hbond substituents is 1. The Kier molecular flexibility index (Phi) is 5.20. The minimum absolute atomic E-state index is 0.153. The van der Waals surface area contributed by atoms with Crippen LogP contribution in [0.15, 0.2) is 17.2 Å². The summed E-state index contributed by atoms with van der Waals surface area (Å²) in [7, 11) is 0. The van der Waals surface area contributed by atoms with Gasteiger partial charge in [-0.2, -0.15) is 5.10 Å². The second-order valence-corrected chi connectivity index (χ2v) is 4.50. The third-order valence-electron chi connectivity index (χ3n) is 1.93. The molecule has 0 saturated heterocycles. The lowest BCUT2D eigenvalue weighted by molar-refractivity contribution is 0.152. The molecule has 0 aliphatic rings. The van der Waals surface area contributed by atoms with Crippen molar-refractivity contribution in [3.05, 3.63) is 26.8 Å². The molecule has 5 nitrogen and oxygen atoms in total. The number of amides is 1. The summed E-state index contributed by atoms with van der Waals surface area (Å²) in [5.41, 5.74) is 3.50. The molecule has 0 fully saturated rings. The number of aryl methyl sites for hydroxylation is 1. The van der Waals surface area contributed by atoms with Crippen LogP contribution in [-0.4, -0.2) is 24.0 Å². The Labute approximate surface area is 113 Å². The lowest BCUT2D eigenvalue weighted by Gasteiger charge is -2.04. The highest BCUT2D eigenvalue weighted by atomic mass is 127. The predicted molar refractivity (Wildman–Crippen MR) is 73.3 cm³/mol. The summed E-state index contributed by atoms with van der Waals surface area (Å²) in [5.74, 6) is 0.153. The maximum Gasteiger partial charge on any atom is 0.427 e. The van der Waals surface area contributed by atoms with E-state index < -0.39 is 6.09 Å². The van der Waals surface area contributed by atoms with Crippen molar-refractivity contribution >= 4 is 34.9 Å². The Morgan fingerprint density at radius 3 is 3.00 bits per heavy atom. The van der Waals surface area contributed by atoms with Gasteiger partial charge in [-0.1, -0.05) is 0 Å². The van der Waals surface area contributed by atoms with Crippen molar-refractivity contribution in [1.29, 1.82) is 0 Å². The van der Waals surface area contributed by atoms with Crippen molar-refractivity contribution in [1.82, 2.24) is 5.43 Å². The van der Waals surface area contributed by atoms with Crippen LogP contribution in [0.2, 0.25) is 0 Å². The molecule has 17 heavy (non-hydrogen) atoms. The van der Waals surface area contributed by atoms with E-state index >= 15 is 0 Å². The SMILES string of the molecule is CCOC(=O)N/N=C/c1cc(I)cc(C)c1O. The van der Waals surface area contributed by atoms with Crippen LogP contribution in [0.25, 0.3) is 0 Å². The topological polar surface area (TPSA) is 70.9 Å². The quantitative estimate of drug-likeness (QED) is 0.501. The summed E-state index contributed by atoms with van der Waals surface area (Å²) in [6, 6.07) is 3.62. The normalized spacial score (nSPS) is 10.5. The summed E-state index contributed by atoms with van der Waals surface area (Å²) in [4.78, 5) is 10.9. The number of nitrogens with zero attached hydrogens (tertiary/aromatic N) is 1. The van der Waals surface area contributed by atoms with Crippen molar-refractivity contribution < 1.29 is 14.6 Å². The minimum Gasteiger partial charge on any atom is -0.507 e. The van der Waals surface area contributed by atoms with E-state index in [2.05, 4.69) is 37.9 Å². The summed E-state index contributed by atoms with van der Waals surface area (Å²) in [6.07, 6.45) is 0.757.